The van der Waals surface area contributed by atoms with Crippen molar-refractivity contribution < 1.29 is 23.4 Å². The highest BCUT2D eigenvalue weighted by atomic mass is 16.6. The second-order valence-corrected chi connectivity index (χ2v) is 6.47. The molecule has 1 amide bonds. The summed E-state index contributed by atoms with van der Waals surface area (Å²) >= 11 is 0. The number of nitrogens with one attached hydrogen (secondary N) is 1. The fourth-order valence-electron chi connectivity index (χ4n) is 3.41. The first-order chi connectivity index (χ1) is 13.7. The lowest BCUT2D eigenvalue weighted by Gasteiger charge is -2.21. The fraction of sp³-hybridized carbons (Fsp3) is 0.136. The molecule has 0 radical (unpaired) electrons. The van der Waals surface area contributed by atoms with Gasteiger partial charge in [0.15, 0.2) is 11.5 Å². The highest BCUT2D eigenvalue weighted by Crippen LogP contribution is 2.40. The number of methoxy groups -OCH3 is 1. The van der Waals surface area contributed by atoms with E-state index in [0.717, 1.165) is 21.9 Å². The Hall–Kier alpha value is -3.67. The predicted octanol–water partition coefficient (Wildman–Crippen LogP) is 4.62. The van der Waals surface area contributed by atoms with Crippen molar-refractivity contribution in [2.45, 2.75) is 0 Å². The van der Waals surface area contributed by atoms with Gasteiger partial charge in [-0.2, -0.15) is 0 Å². The predicted molar refractivity (Wildman–Crippen MR) is 106 cm³/mol. The van der Waals surface area contributed by atoms with Gasteiger partial charge in [-0.25, -0.2) is 0 Å². The van der Waals surface area contributed by atoms with Crippen molar-refractivity contribution in [1.29, 1.82) is 0 Å². The molecule has 0 bridgehead atoms. The quantitative estimate of drug-likeness (QED) is 0.566. The van der Waals surface area contributed by atoms with Crippen molar-refractivity contribution in [3.63, 3.8) is 0 Å². The van der Waals surface area contributed by atoms with E-state index >= 15 is 0 Å². The molecule has 3 aromatic carbocycles. The van der Waals surface area contributed by atoms with Crippen molar-refractivity contribution >= 4 is 33.5 Å². The van der Waals surface area contributed by atoms with Gasteiger partial charge in [-0.3, -0.25) is 4.79 Å². The summed E-state index contributed by atoms with van der Waals surface area (Å²) in [6.45, 7) is 0.885. The van der Waals surface area contributed by atoms with Crippen LogP contribution in [0.5, 0.6) is 17.2 Å². The van der Waals surface area contributed by atoms with Crippen LogP contribution in [0.2, 0.25) is 0 Å². The van der Waals surface area contributed by atoms with Crippen LogP contribution in [0.25, 0.3) is 21.9 Å². The molecule has 0 spiro atoms. The molecular weight excluding hydrogens is 358 g/mol. The Kier molecular flexibility index (Phi) is 3.83. The molecular formula is C22H17NO5. The number of hydrogen-bond acceptors (Lipinski definition) is 5. The first-order valence-electron chi connectivity index (χ1n) is 8.93. The van der Waals surface area contributed by atoms with Crippen molar-refractivity contribution in [1.82, 2.24) is 0 Å². The monoisotopic (exact) mass is 375 g/mol. The molecule has 2 heterocycles. The molecule has 0 atom stereocenters. The number of para-hydroxylation sites is 1. The third-order valence-electron chi connectivity index (χ3n) is 4.73. The zero-order valence-corrected chi connectivity index (χ0v) is 15.2. The summed E-state index contributed by atoms with van der Waals surface area (Å²) in [5.41, 5.74) is 2.60. The van der Waals surface area contributed by atoms with Crippen LogP contribution in [0.15, 0.2) is 59.0 Å². The SMILES string of the molecule is COc1cc(C(=O)Nc2ccc3c(c2)oc2ccccc23)cc2c1OCCO2. The highest BCUT2D eigenvalue weighted by Gasteiger charge is 2.21. The maximum atomic E-state index is 12.8. The Morgan fingerprint density at radius 1 is 0.964 bits per heavy atom. The van der Waals surface area contributed by atoms with E-state index in [9.17, 15) is 4.79 Å². The summed E-state index contributed by atoms with van der Waals surface area (Å²) in [4.78, 5) is 12.8. The van der Waals surface area contributed by atoms with Gasteiger partial charge in [-0.1, -0.05) is 18.2 Å². The summed E-state index contributed by atoms with van der Waals surface area (Å²) in [5.74, 6) is 1.22. The number of rotatable bonds is 3. The molecule has 4 aromatic rings. The number of ether oxygens (including phenoxy) is 3. The van der Waals surface area contributed by atoms with Gasteiger partial charge in [-0.15, -0.1) is 0 Å². The number of fused-ring (bicyclic) bond motifs is 4. The summed E-state index contributed by atoms with van der Waals surface area (Å²) in [5, 5.41) is 4.96. The molecule has 0 aliphatic carbocycles. The van der Waals surface area contributed by atoms with Gasteiger partial charge < -0.3 is 23.9 Å². The molecule has 1 N–H and O–H groups in total. The van der Waals surface area contributed by atoms with Gasteiger partial charge in [-0.05, 0) is 30.3 Å². The van der Waals surface area contributed by atoms with E-state index in [1.165, 1.54) is 7.11 Å². The number of carbonyl (C=O) groups is 1. The number of furan rings is 1. The number of amides is 1. The Morgan fingerprint density at radius 2 is 1.79 bits per heavy atom. The van der Waals surface area contributed by atoms with Crippen LogP contribution >= 0.6 is 0 Å². The van der Waals surface area contributed by atoms with Crippen LogP contribution in [0.1, 0.15) is 10.4 Å². The largest absolute Gasteiger partial charge is 0.493 e. The van der Waals surface area contributed by atoms with Gasteiger partial charge in [0.05, 0.1) is 7.11 Å². The minimum absolute atomic E-state index is 0.272. The molecule has 5 rings (SSSR count). The Morgan fingerprint density at radius 3 is 2.68 bits per heavy atom. The molecule has 0 fully saturated rings. The van der Waals surface area contributed by atoms with Crippen molar-refractivity contribution in [3.05, 3.63) is 60.2 Å². The van der Waals surface area contributed by atoms with E-state index in [0.29, 0.717) is 41.7 Å². The average Bonchev–Trinajstić information content (AvgIpc) is 3.10. The van der Waals surface area contributed by atoms with E-state index in [4.69, 9.17) is 18.6 Å². The Bertz CT molecular complexity index is 1190. The van der Waals surface area contributed by atoms with Crippen molar-refractivity contribution in [2.24, 2.45) is 0 Å². The summed E-state index contributed by atoms with van der Waals surface area (Å²) in [6, 6.07) is 16.8. The third kappa shape index (κ3) is 2.70. The minimum atomic E-state index is -0.272. The molecule has 1 aliphatic rings. The molecule has 6 nitrogen and oxygen atoms in total. The Labute approximate surface area is 160 Å². The molecule has 140 valence electrons. The lowest BCUT2D eigenvalue weighted by Crippen LogP contribution is -2.18. The minimum Gasteiger partial charge on any atom is -0.493 e. The number of hydrogen-bond donors (Lipinski definition) is 1. The summed E-state index contributed by atoms with van der Waals surface area (Å²) < 4.78 is 22.4. The number of benzene rings is 3. The normalized spacial score (nSPS) is 12.9. The van der Waals surface area contributed by atoms with Crippen LogP contribution in [0.3, 0.4) is 0 Å². The molecule has 0 saturated carbocycles. The number of anilines is 1. The lowest BCUT2D eigenvalue weighted by atomic mass is 10.1. The third-order valence-corrected chi connectivity index (χ3v) is 4.73. The van der Waals surface area contributed by atoms with Gasteiger partial charge in [0.2, 0.25) is 5.75 Å². The van der Waals surface area contributed by atoms with Crippen LogP contribution in [0.4, 0.5) is 5.69 Å². The van der Waals surface area contributed by atoms with E-state index in [1.807, 2.05) is 42.5 Å². The zero-order chi connectivity index (χ0) is 19.1. The second kappa shape index (κ2) is 6.49. The van der Waals surface area contributed by atoms with Crippen LogP contribution in [-0.2, 0) is 0 Å². The molecule has 0 saturated heterocycles. The van der Waals surface area contributed by atoms with E-state index in [1.54, 1.807) is 12.1 Å². The van der Waals surface area contributed by atoms with Crippen molar-refractivity contribution in [3.8, 4) is 17.2 Å². The van der Waals surface area contributed by atoms with E-state index in [-0.39, 0.29) is 5.91 Å². The molecule has 1 aliphatic heterocycles. The summed E-state index contributed by atoms with van der Waals surface area (Å²) in [6.07, 6.45) is 0. The van der Waals surface area contributed by atoms with Crippen LogP contribution in [-0.4, -0.2) is 26.2 Å². The molecule has 0 unspecified atom stereocenters. The standard InChI is InChI=1S/C22H17NO5/c1-25-19-10-13(11-20-21(19)27-9-8-26-20)22(24)23-14-6-7-16-15-4-2-3-5-17(15)28-18(16)12-14/h2-7,10-12H,8-9H2,1H3,(H,23,24). The first-order valence-corrected chi connectivity index (χ1v) is 8.93. The van der Waals surface area contributed by atoms with E-state index in [2.05, 4.69) is 5.32 Å². The fourth-order valence-corrected chi connectivity index (χ4v) is 3.41. The highest BCUT2D eigenvalue weighted by molar-refractivity contribution is 6.08. The Balaban J connectivity index is 1.47. The summed E-state index contributed by atoms with van der Waals surface area (Å²) in [7, 11) is 1.53. The topological polar surface area (TPSA) is 69.9 Å². The molecule has 1 aromatic heterocycles. The lowest BCUT2D eigenvalue weighted by molar-refractivity contribution is 0.102. The maximum Gasteiger partial charge on any atom is 0.255 e. The maximum absolute atomic E-state index is 12.8. The van der Waals surface area contributed by atoms with Crippen molar-refractivity contribution in [2.75, 3.05) is 25.6 Å². The number of carbonyl (C=O) groups excluding carboxylic acids is 1. The van der Waals surface area contributed by atoms with Gasteiger partial charge in [0.25, 0.3) is 5.91 Å². The smallest absolute Gasteiger partial charge is 0.255 e. The van der Waals surface area contributed by atoms with E-state index < -0.39 is 0 Å². The van der Waals surface area contributed by atoms with Gasteiger partial charge in [0, 0.05) is 28.1 Å². The van der Waals surface area contributed by atoms with Gasteiger partial charge >= 0.3 is 0 Å². The zero-order valence-electron chi connectivity index (χ0n) is 15.2. The average molecular weight is 375 g/mol. The molecule has 28 heavy (non-hydrogen) atoms. The van der Waals surface area contributed by atoms with Gasteiger partial charge in [0.1, 0.15) is 24.4 Å². The van der Waals surface area contributed by atoms with Crippen LogP contribution < -0.4 is 19.5 Å². The molecule has 6 heteroatoms. The first kappa shape index (κ1) is 16.5. The van der Waals surface area contributed by atoms with Crippen LogP contribution in [0, 0.1) is 0 Å². The second-order valence-electron chi connectivity index (χ2n) is 6.47.